The number of likely N-dealkylation sites (tertiary alicyclic amines) is 1. The van der Waals surface area contributed by atoms with E-state index in [0.29, 0.717) is 11.5 Å². The van der Waals surface area contributed by atoms with Crippen LogP contribution in [0.4, 0.5) is 8.78 Å². The minimum Gasteiger partial charge on any atom is -0.381 e. The van der Waals surface area contributed by atoms with Crippen molar-refractivity contribution in [2.45, 2.75) is 25.3 Å². The van der Waals surface area contributed by atoms with Crippen LogP contribution in [-0.2, 0) is 4.74 Å². The molecule has 2 aliphatic heterocycles. The monoisotopic (exact) mass is 266 g/mol. The van der Waals surface area contributed by atoms with E-state index in [2.05, 4.69) is 11.4 Å². The van der Waals surface area contributed by atoms with E-state index in [-0.39, 0.29) is 17.7 Å². The fourth-order valence-corrected chi connectivity index (χ4v) is 3.01. The molecular weight excluding hydrogens is 248 g/mol. The Labute approximate surface area is 112 Å². The van der Waals surface area contributed by atoms with Gasteiger partial charge in [-0.1, -0.05) is 0 Å². The lowest BCUT2D eigenvalue weighted by Gasteiger charge is -2.26. The van der Waals surface area contributed by atoms with Gasteiger partial charge in [0.15, 0.2) is 0 Å². The van der Waals surface area contributed by atoms with Crippen LogP contribution in [0.25, 0.3) is 0 Å². The van der Waals surface area contributed by atoms with Gasteiger partial charge in [0.25, 0.3) is 0 Å². The molecule has 2 fully saturated rings. The second-order valence-corrected chi connectivity index (χ2v) is 5.33. The van der Waals surface area contributed by atoms with Gasteiger partial charge in [0, 0.05) is 30.7 Å². The van der Waals surface area contributed by atoms with Crippen molar-refractivity contribution in [1.82, 2.24) is 4.90 Å². The van der Waals surface area contributed by atoms with Crippen LogP contribution >= 0.6 is 0 Å². The Balaban J connectivity index is 1.76. The number of ether oxygens (including phenoxy) is 1. The average Bonchev–Trinajstić information content (AvgIpc) is 3.04. The maximum atomic E-state index is 13.9. The van der Waals surface area contributed by atoms with Gasteiger partial charge in [-0.05, 0) is 44.0 Å². The van der Waals surface area contributed by atoms with Gasteiger partial charge in [0.1, 0.15) is 11.6 Å². The molecule has 0 aromatic heterocycles. The molecule has 103 valence electrons. The van der Waals surface area contributed by atoms with E-state index in [4.69, 9.17) is 4.74 Å². The topological polar surface area (TPSA) is 12.5 Å². The molecule has 19 heavy (non-hydrogen) atoms. The van der Waals surface area contributed by atoms with E-state index < -0.39 is 0 Å². The van der Waals surface area contributed by atoms with E-state index >= 15 is 0 Å². The predicted molar refractivity (Wildman–Crippen MR) is 68.3 cm³/mol. The molecule has 0 aliphatic carbocycles. The Bertz CT molecular complexity index is 446. The Morgan fingerprint density at radius 1 is 1.26 bits per heavy atom. The van der Waals surface area contributed by atoms with Gasteiger partial charge >= 0.3 is 0 Å². The fraction of sp³-hybridized carbons (Fsp3) is 0.533. The molecule has 2 saturated heterocycles. The van der Waals surface area contributed by atoms with Gasteiger partial charge in [-0.25, -0.2) is 8.78 Å². The van der Waals surface area contributed by atoms with E-state index in [0.717, 1.165) is 39.0 Å². The Morgan fingerprint density at radius 3 is 2.95 bits per heavy atom. The maximum Gasteiger partial charge on any atom is 0.128 e. The molecular formula is C15H18F2NO. The maximum absolute atomic E-state index is 13.9. The third kappa shape index (κ3) is 2.79. The number of benzene rings is 1. The third-order valence-electron chi connectivity index (χ3n) is 3.98. The SMILES string of the molecule is Fc1ccc(F)c([C@H]2CCCN2[CH]C2CCOC2)c1. The highest BCUT2D eigenvalue weighted by Crippen LogP contribution is 2.36. The highest BCUT2D eigenvalue weighted by Gasteiger charge is 2.31. The summed E-state index contributed by atoms with van der Waals surface area (Å²) in [5.41, 5.74) is 0.479. The average molecular weight is 266 g/mol. The van der Waals surface area contributed by atoms with Crippen LogP contribution in [0.15, 0.2) is 18.2 Å². The molecule has 1 radical (unpaired) electrons. The van der Waals surface area contributed by atoms with Crippen molar-refractivity contribution in [3.8, 4) is 0 Å². The summed E-state index contributed by atoms with van der Waals surface area (Å²) < 4.78 is 32.6. The van der Waals surface area contributed by atoms with Crippen molar-refractivity contribution >= 4 is 0 Å². The molecule has 2 atom stereocenters. The molecule has 0 spiro atoms. The van der Waals surface area contributed by atoms with E-state index in [1.165, 1.54) is 18.2 Å². The summed E-state index contributed by atoms with van der Waals surface area (Å²) in [6.45, 7) is 4.62. The van der Waals surface area contributed by atoms with Gasteiger partial charge in [0.05, 0.1) is 6.61 Å². The minimum atomic E-state index is -0.368. The molecule has 0 amide bonds. The molecule has 0 saturated carbocycles. The summed E-state index contributed by atoms with van der Waals surface area (Å²) in [5, 5.41) is 0. The van der Waals surface area contributed by atoms with Crippen molar-refractivity contribution in [3.63, 3.8) is 0 Å². The van der Waals surface area contributed by atoms with Crippen LogP contribution in [0.5, 0.6) is 0 Å². The van der Waals surface area contributed by atoms with Crippen LogP contribution in [0.3, 0.4) is 0 Å². The van der Waals surface area contributed by atoms with Crippen molar-refractivity contribution in [2.24, 2.45) is 5.92 Å². The van der Waals surface area contributed by atoms with Gasteiger partial charge in [-0.15, -0.1) is 0 Å². The largest absolute Gasteiger partial charge is 0.381 e. The summed E-state index contributed by atoms with van der Waals surface area (Å²) in [5.74, 6) is -0.265. The molecule has 2 nitrogen and oxygen atoms in total. The summed E-state index contributed by atoms with van der Waals surface area (Å²) in [6.07, 6.45) is 2.92. The lowest BCUT2D eigenvalue weighted by atomic mass is 10.0. The molecule has 2 heterocycles. The quantitative estimate of drug-likeness (QED) is 0.832. The van der Waals surface area contributed by atoms with Gasteiger partial charge in [-0.2, -0.15) is 0 Å². The summed E-state index contributed by atoms with van der Waals surface area (Å²) in [7, 11) is 0. The number of halogens is 2. The highest BCUT2D eigenvalue weighted by atomic mass is 19.1. The first-order valence-electron chi connectivity index (χ1n) is 6.87. The van der Waals surface area contributed by atoms with Crippen molar-refractivity contribution < 1.29 is 13.5 Å². The molecule has 1 unspecified atom stereocenters. The van der Waals surface area contributed by atoms with Gasteiger partial charge < -0.3 is 4.74 Å². The number of nitrogens with zero attached hydrogens (tertiary/aromatic N) is 1. The van der Waals surface area contributed by atoms with E-state index in [9.17, 15) is 8.78 Å². The predicted octanol–water partition coefficient (Wildman–Crippen LogP) is 3.30. The normalized spacial score (nSPS) is 28.1. The van der Waals surface area contributed by atoms with Crippen LogP contribution < -0.4 is 0 Å². The van der Waals surface area contributed by atoms with E-state index in [1.807, 2.05) is 0 Å². The lowest BCUT2D eigenvalue weighted by Crippen LogP contribution is -2.25. The summed E-state index contributed by atoms with van der Waals surface area (Å²) >= 11 is 0. The van der Waals surface area contributed by atoms with Gasteiger partial charge in [0.2, 0.25) is 0 Å². The van der Waals surface area contributed by atoms with Crippen LogP contribution in [0, 0.1) is 24.1 Å². The first-order valence-corrected chi connectivity index (χ1v) is 6.87. The second kappa shape index (κ2) is 5.55. The molecule has 1 aromatic carbocycles. The molecule has 1 aromatic rings. The molecule has 3 rings (SSSR count). The van der Waals surface area contributed by atoms with Gasteiger partial charge in [-0.3, -0.25) is 4.90 Å². The van der Waals surface area contributed by atoms with E-state index in [1.54, 1.807) is 0 Å². The third-order valence-corrected chi connectivity index (χ3v) is 3.98. The molecule has 0 N–H and O–H groups in total. The summed E-state index contributed by atoms with van der Waals surface area (Å²) in [4.78, 5) is 2.16. The number of hydrogen-bond donors (Lipinski definition) is 0. The zero-order chi connectivity index (χ0) is 13.2. The Hall–Kier alpha value is -1.00. The molecule has 2 aliphatic rings. The summed E-state index contributed by atoms with van der Waals surface area (Å²) in [6, 6.07) is 3.69. The number of rotatable bonds is 3. The zero-order valence-electron chi connectivity index (χ0n) is 10.8. The fourth-order valence-electron chi connectivity index (χ4n) is 3.01. The molecule has 4 heteroatoms. The zero-order valence-corrected chi connectivity index (χ0v) is 10.8. The lowest BCUT2D eigenvalue weighted by molar-refractivity contribution is 0.179. The smallest absolute Gasteiger partial charge is 0.128 e. The van der Waals surface area contributed by atoms with Crippen LogP contribution in [0.1, 0.15) is 30.9 Å². The Kier molecular flexibility index (Phi) is 3.80. The van der Waals surface area contributed by atoms with Crippen molar-refractivity contribution in [2.75, 3.05) is 19.8 Å². The second-order valence-electron chi connectivity index (χ2n) is 5.33. The van der Waals surface area contributed by atoms with Crippen LogP contribution in [0.2, 0.25) is 0 Å². The standard InChI is InChI=1S/C15H18F2NO/c16-12-3-4-14(17)13(8-12)15-2-1-6-18(15)9-11-5-7-19-10-11/h3-4,8-9,11,15H,1-2,5-7,10H2/t11?,15-/m1/s1. The minimum absolute atomic E-state index is 0.0312. The highest BCUT2D eigenvalue weighted by molar-refractivity contribution is 5.23. The first kappa shape index (κ1) is 13.0. The number of hydrogen-bond acceptors (Lipinski definition) is 2. The van der Waals surface area contributed by atoms with Crippen molar-refractivity contribution in [3.05, 3.63) is 41.9 Å². The van der Waals surface area contributed by atoms with Crippen LogP contribution in [-0.4, -0.2) is 24.7 Å². The first-order chi connectivity index (χ1) is 9.24. The Morgan fingerprint density at radius 2 is 2.16 bits per heavy atom. The van der Waals surface area contributed by atoms with Crippen molar-refractivity contribution in [1.29, 1.82) is 0 Å². The molecule has 0 bridgehead atoms.